The summed E-state index contributed by atoms with van der Waals surface area (Å²) in [6, 6.07) is 16.1. The van der Waals surface area contributed by atoms with Gasteiger partial charge in [-0.3, -0.25) is 0 Å². The topological polar surface area (TPSA) is 39.4 Å². The number of halogens is 1. The van der Waals surface area contributed by atoms with Gasteiger partial charge in [0.15, 0.2) is 0 Å². The molecule has 0 bridgehead atoms. The summed E-state index contributed by atoms with van der Waals surface area (Å²) in [4.78, 5) is 11.3. The van der Waals surface area contributed by atoms with Gasteiger partial charge >= 0.3 is 5.63 Å². The summed E-state index contributed by atoms with van der Waals surface area (Å²) < 4.78 is 11.0. The number of hydrogen-bond donors (Lipinski definition) is 0. The zero-order valence-electron chi connectivity index (χ0n) is 11.4. The Labute approximate surface area is 126 Å². The highest BCUT2D eigenvalue weighted by Gasteiger charge is 2.11. The van der Waals surface area contributed by atoms with E-state index < -0.39 is 0 Å². The lowest BCUT2D eigenvalue weighted by Crippen LogP contribution is -2.04. The lowest BCUT2D eigenvalue weighted by atomic mass is 10.1. The van der Waals surface area contributed by atoms with Crippen LogP contribution in [0.5, 0.6) is 5.75 Å². The van der Waals surface area contributed by atoms with Gasteiger partial charge < -0.3 is 9.15 Å². The van der Waals surface area contributed by atoms with E-state index in [1.165, 1.54) is 6.07 Å². The normalized spacial score (nSPS) is 12.3. The molecule has 106 valence electrons. The summed E-state index contributed by atoms with van der Waals surface area (Å²) >= 11 is 6.16. The average molecular weight is 301 g/mol. The minimum atomic E-state index is -0.376. The van der Waals surface area contributed by atoms with E-state index in [-0.39, 0.29) is 11.7 Å². The number of ether oxygens (including phenoxy) is 1. The van der Waals surface area contributed by atoms with Gasteiger partial charge in [-0.05, 0) is 31.2 Å². The van der Waals surface area contributed by atoms with Crippen molar-refractivity contribution in [3.05, 3.63) is 75.6 Å². The van der Waals surface area contributed by atoms with Gasteiger partial charge in [0.1, 0.15) is 17.4 Å². The SMILES string of the molecule is CC(Oc1ccc2ccc(=O)oc2c1)c1ccccc1Cl. The Kier molecular flexibility index (Phi) is 3.67. The minimum absolute atomic E-state index is 0.202. The molecule has 1 heterocycles. The molecule has 2 aromatic carbocycles. The van der Waals surface area contributed by atoms with Crippen LogP contribution < -0.4 is 10.4 Å². The molecular formula is C17H13ClO3. The molecule has 0 aliphatic rings. The van der Waals surface area contributed by atoms with E-state index in [1.807, 2.05) is 43.3 Å². The average Bonchev–Trinajstić information content (AvgIpc) is 2.47. The predicted octanol–water partition coefficient (Wildman–Crippen LogP) is 4.59. The van der Waals surface area contributed by atoms with E-state index in [0.717, 1.165) is 10.9 Å². The molecule has 0 aliphatic heterocycles. The molecule has 0 spiro atoms. The first-order valence-corrected chi connectivity index (χ1v) is 6.96. The van der Waals surface area contributed by atoms with Crippen LogP contribution in [0.2, 0.25) is 5.02 Å². The van der Waals surface area contributed by atoms with Crippen molar-refractivity contribution in [2.45, 2.75) is 13.0 Å². The lowest BCUT2D eigenvalue weighted by molar-refractivity contribution is 0.227. The van der Waals surface area contributed by atoms with Crippen LogP contribution in [0.3, 0.4) is 0 Å². The molecule has 0 N–H and O–H groups in total. The fourth-order valence-corrected chi connectivity index (χ4v) is 2.48. The highest BCUT2D eigenvalue weighted by Crippen LogP contribution is 2.28. The molecule has 0 fully saturated rings. The second kappa shape index (κ2) is 5.62. The Morgan fingerprint density at radius 2 is 1.86 bits per heavy atom. The Balaban J connectivity index is 1.91. The summed E-state index contributed by atoms with van der Waals surface area (Å²) in [7, 11) is 0. The van der Waals surface area contributed by atoms with Crippen LogP contribution in [0, 0.1) is 0 Å². The van der Waals surface area contributed by atoms with E-state index in [4.69, 9.17) is 20.8 Å². The zero-order chi connectivity index (χ0) is 14.8. The van der Waals surface area contributed by atoms with Crippen molar-refractivity contribution >= 4 is 22.6 Å². The van der Waals surface area contributed by atoms with Gasteiger partial charge in [0.05, 0.1) is 0 Å². The zero-order valence-corrected chi connectivity index (χ0v) is 12.1. The maximum atomic E-state index is 11.3. The number of fused-ring (bicyclic) bond motifs is 1. The van der Waals surface area contributed by atoms with Crippen LogP contribution >= 0.6 is 11.6 Å². The fourth-order valence-electron chi connectivity index (χ4n) is 2.19. The van der Waals surface area contributed by atoms with Crippen molar-refractivity contribution in [1.29, 1.82) is 0 Å². The maximum Gasteiger partial charge on any atom is 0.336 e. The lowest BCUT2D eigenvalue weighted by Gasteiger charge is -2.16. The molecule has 0 amide bonds. The first-order chi connectivity index (χ1) is 10.1. The molecule has 1 atom stereocenters. The van der Waals surface area contributed by atoms with Crippen LogP contribution in [0.1, 0.15) is 18.6 Å². The summed E-state index contributed by atoms with van der Waals surface area (Å²) in [5.41, 5.74) is 1.04. The second-order valence-electron chi connectivity index (χ2n) is 4.74. The van der Waals surface area contributed by atoms with Gasteiger partial charge in [-0.25, -0.2) is 4.79 Å². The molecule has 21 heavy (non-hydrogen) atoms. The highest BCUT2D eigenvalue weighted by atomic mass is 35.5. The van der Waals surface area contributed by atoms with E-state index in [0.29, 0.717) is 16.4 Å². The first-order valence-electron chi connectivity index (χ1n) is 6.58. The molecule has 0 radical (unpaired) electrons. The third-order valence-electron chi connectivity index (χ3n) is 3.25. The van der Waals surface area contributed by atoms with Crippen molar-refractivity contribution in [3.8, 4) is 5.75 Å². The van der Waals surface area contributed by atoms with Crippen LogP contribution in [0.15, 0.2) is 63.8 Å². The van der Waals surface area contributed by atoms with E-state index in [1.54, 1.807) is 12.1 Å². The maximum absolute atomic E-state index is 11.3. The van der Waals surface area contributed by atoms with Gasteiger partial charge in [-0.1, -0.05) is 29.8 Å². The van der Waals surface area contributed by atoms with Crippen LogP contribution in [-0.2, 0) is 0 Å². The Bertz CT molecular complexity index is 839. The van der Waals surface area contributed by atoms with Crippen molar-refractivity contribution in [1.82, 2.24) is 0 Å². The Morgan fingerprint density at radius 1 is 1.10 bits per heavy atom. The fraction of sp³-hybridized carbons (Fsp3) is 0.118. The largest absolute Gasteiger partial charge is 0.486 e. The van der Waals surface area contributed by atoms with Crippen molar-refractivity contribution < 1.29 is 9.15 Å². The summed E-state index contributed by atoms with van der Waals surface area (Å²) in [6.07, 6.45) is -0.202. The third kappa shape index (κ3) is 2.93. The molecular weight excluding hydrogens is 288 g/mol. The Morgan fingerprint density at radius 3 is 2.67 bits per heavy atom. The number of benzene rings is 2. The summed E-state index contributed by atoms with van der Waals surface area (Å²) in [5, 5.41) is 1.52. The van der Waals surface area contributed by atoms with Crippen molar-refractivity contribution in [2.24, 2.45) is 0 Å². The van der Waals surface area contributed by atoms with Crippen LogP contribution in [-0.4, -0.2) is 0 Å². The summed E-state index contributed by atoms with van der Waals surface area (Å²) in [6.45, 7) is 1.92. The van der Waals surface area contributed by atoms with Crippen molar-refractivity contribution in [2.75, 3.05) is 0 Å². The number of rotatable bonds is 3. The van der Waals surface area contributed by atoms with E-state index in [9.17, 15) is 4.79 Å². The molecule has 1 unspecified atom stereocenters. The number of hydrogen-bond acceptors (Lipinski definition) is 3. The summed E-state index contributed by atoms with van der Waals surface area (Å²) in [5.74, 6) is 0.629. The van der Waals surface area contributed by atoms with E-state index in [2.05, 4.69) is 0 Å². The molecule has 0 aliphatic carbocycles. The van der Waals surface area contributed by atoms with Gasteiger partial charge in [0.2, 0.25) is 0 Å². The van der Waals surface area contributed by atoms with Gasteiger partial charge in [-0.15, -0.1) is 0 Å². The molecule has 3 rings (SSSR count). The highest BCUT2D eigenvalue weighted by molar-refractivity contribution is 6.31. The van der Waals surface area contributed by atoms with Gasteiger partial charge in [0, 0.05) is 28.1 Å². The van der Waals surface area contributed by atoms with Gasteiger partial charge in [0.25, 0.3) is 0 Å². The minimum Gasteiger partial charge on any atom is -0.486 e. The molecule has 0 saturated carbocycles. The second-order valence-corrected chi connectivity index (χ2v) is 5.14. The van der Waals surface area contributed by atoms with Crippen LogP contribution in [0.4, 0.5) is 0 Å². The third-order valence-corrected chi connectivity index (χ3v) is 3.59. The molecule has 3 nitrogen and oxygen atoms in total. The van der Waals surface area contributed by atoms with Crippen molar-refractivity contribution in [3.63, 3.8) is 0 Å². The molecule has 1 aromatic heterocycles. The molecule has 0 saturated heterocycles. The monoisotopic (exact) mass is 300 g/mol. The van der Waals surface area contributed by atoms with Crippen LogP contribution in [0.25, 0.3) is 11.0 Å². The predicted molar refractivity (Wildman–Crippen MR) is 83.0 cm³/mol. The molecule has 4 heteroatoms. The molecule has 3 aromatic rings. The first kappa shape index (κ1) is 13.7. The Hall–Kier alpha value is -2.26. The standard InChI is InChI=1S/C17H13ClO3/c1-11(14-4-2-3-5-15(14)18)20-13-8-6-12-7-9-17(19)21-16(12)10-13/h2-11H,1H3. The van der Waals surface area contributed by atoms with Gasteiger partial charge in [-0.2, -0.15) is 0 Å². The van der Waals surface area contributed by atoms with E-state index >= 15 is 0 Å². The smallest absolute Gasteiger partial charge is 0.336 e. The quantitative estimate of drug-likeness (QED) is 0.664.